The fourth-order valence-corrected chi connectivity index (χ4v) is 1.44. The molecule has 2 aromatic rings. The van der Waals surface area contributed by atoms with Crippen molar-refractivity contribution in [1.82, 2.24) is 10.1 Å². The maximum absolute atomic E-state index is 12.3. The van der Waals surface area contributed by atoms with E-state index in [0.717, 1.165) is 12.1 Å². The number of rotatable bonds is 1. The molecule has 0 atom stereocenters. The third kappa shape index (κ3) is 2.34. The Morgan fingerprint density at radius 2 is 1.75 bits per heavy atom. The number of benzene rings is 1. The van der Waals surface area contributed by atoms with E-state index >= 15 is 0 Å². The van der Waals surface area contributed by atoms with Gasteiger partial charge in [-0.15, -0.1) is 0 Å². The zero-order valence-electron chi connectivity index (χ0n) is 7.62. The molecule has 84 valence electrons. The molecule has 1 aromatic carbocycles. The van der Waals surface area contributed by atoms with E-state index in [1.807, 2.05) is 22.6 Å². The lowest BCUT2D eigenvalue weighted by molar-refractivity contribution is -0.137. The molecule has 0 unspecified atom stereocenters. The summed E-state index contributed by atoms with van der Waals surface area (Å²) in [5, 5.41) is 3.54. The van der Waals surface area contributed by atoms with Gasteiger partial charge in [-0.3, -0.25) is 0 Å². The molecule has 2 rings (SSSR count). The van der Waals surface area contributed by atoms with Crippen molar-refractivity contribution >= 4 is 22.6 Å². The van der Waals surface area contributed by atoms with Gasteiger partial charge in [0.05, 0.1) is 5.56 Å². The topological polar surface area (TPSA) is 38.9 Å². The Hall–Kier alpha value is -1.12. The van der Waals surface area contributed by atoms with Gasteiger partial charge in [0, 0.05) is 28.2 Å². The normalized spacial score (nSPS) is 11.8. The van der Waals surface area contributed by atoms with Crippen molar-refractivity contribution in [3.8, 4) is 11.5 Å². The molecule has 0 radical (unpaired) electrons. The zero-order chi connectivity index (χ0) is 11.8. The minimum absolute atomic E-state index is 0.207. The van der Waals surface area contributed by atoms with Gasteiger partial charge in [-0.2, -0.15) is 18.2 Å². The minimum atomic E-state index is -4.33. The molecular formula is C9H4F3IN2O. The van der Waals surface area contributed by atoms with Crippen LogP contribution in [0.1, 0.15) is 5.56 Å². The summed E-state index contributed by atoms with van der Waals surface area (Å²) in [6, 6.07) is 4.55. The van der Waals surface area contributed by atoms with Crippen LogP contribution in [0.2, 0.25) is 0 Å². The molecule has 0 N–H and O–H groups in total. The van der Waals surface area contributed by atoms with Gasteiger partial charge in [-0.05, 0) is 24.3 Å². The van der Waals surface area contributed by atoms with Crippen molar-refractivity contribution in [1.29, 1.82) is 0 Å². The third-order valence-electron chi connectivity index (χ3n) is 1.86. The lowest BCUT2D eigenvalue weighted by atomic mass is 10.1. The van der Waals surface area contributed by atoms with E-state index in [4.69, 9.17) is 4.52 Å². The van der Waals surface area contributed by atoms with Crippen LogP contribution >= 0.6 is 22.6 Å². The minimum Gasteiger partial charge on any atom is -0.333 e. The number of hydrogen-bond donors (Lipinski definition) is 0. The standard InChI is InChI=1S/C9H4F3IN2O/c10-9(11,12)6-3-1-5(2-4-6)7-14-8(13)15-16-7/h1-4H. The van der Waals surface area contributed by atoms with Crippen LogP contribution in [0.4, 0.5) is 13.2 Å². The molecule has 1 aromatic heterocycles. The number of alkyl halides is 3. The number of nitrogens with zero attached hydrogens (tertiary/aromatic N) is 2. The highest BCUT2D eigenvalue weighted by Gasteiger charge is 2.30. The number of aromatic nitrogens is 2. The second-order valence-electron chi connectivity index (χ2n) is 2.94. The first-order chi connectivity index (χ1) is 7.47. The van der Waals surface area contributed by atoms with Gasteiger partial charge in [0.15, 0.2) is 0 Å². The maximum atomic E-state index is 12.3. The van der Waals surface area contributed by atoms with Crippen LogP contribution in [-0.4, -0.2) is 10.1 Å². The van der Waals surface area contributed by atoms with Crippen LogP contribution in [0.5, 0.6) is 0 Å². The van der Waals surface area contributed by atoms with Crippen LogP contribution in [0.15, 0.2) is 28.8 Å². The first-order valence-electron chi connectivity index (χ1n) is 4.13. The summed E-state index contributed by atoms with van der Waals surface area (Å²) in [6.07, 6.45) is -4.33. The summed E-state index contributed by atoms with van der Waals surface area (Å²) in [6.45, 7) is 0. The average Bonchev–Trinajstić information content (AvgIpc) is 2.64. The molecule has 0 aliphatic carbocycles. The molecule has 0 aliphatic rings. The smallest absolute Gasteiger partial charge is 0.333 e. The predicted octanol–water partition coefficient (Wildman–Crippen LogP) is 3.36. The van der Waals surface area contributed by atoms with Crippen molar-refractivity contribution < 1.29 is 17.7 Å². The van der Waals surface area contributed by atoms with E-state index < -0.39 is 11.7 Å². The van der Waals surface area contributed by atoms with Gasteiger partial charge in [-0.1, -0.05) is 5.16 Å². The van der Waals surface area contributed by atoms with Crippen LogP contribution in [0.3, 0.4) is 0 Å². The SMILES string of the molecule is FC(F)(F)c1ccc(-c2nc(I)no2)cc1. The van der Waals surface area contributed by atoms with Gasteiger partial charge in [0.2, 0.25) is 3.83 Å². The zero-order valence-corrected chi connectivity index (χ0v) is 9.78. The Kier molecular flexibility index (Phi) is 2.87. The Balaban J connectivity index is 2.33. The summed E-state index contributed by atoms with van der Waals surface area (Å²) >= 11 is 1.85. The summed E-state index contributed by atoms with van der Waals surface area (Å²) < 4.78 is 42.1. The Labute approximate surface area is 102 Å². The summed E-state index contributed by atoms with van der Waals surface area (Å²) in [5.41, 5.74) is -0.242. The Morgan fingerprint density at radius 1 is 1.12 bits per heavy atom. The Bertz CT molecular complexity index is 492. The van der Waals surface area contributed by atoms with Crippen LogP contribution in [0.25, 0.3) is 11.5 Å². The molecule has 0 aliphatic heterocycles. The lowest BCUT2D eigenvalue weighted by Crippen LogP contribution is -2.03. The largest absolute Gasteiger partial charge is 0.416 e. The van der Waals surface area contributed by atoms with Gasteiger partial charge >= 0.3 is 6.18 Å². The predicted molar refractivity (Wildman–Crippen MR) is 57.5 cm³/mol. The van der Waals surface area contributed by atoms with Crippen molar-refractivity contribution in [3.63, 3.8) is 0 Å². The molecule has 0 fully saturated rings. The number of hydrogen-bond acceptors (Lipinski definition) is 3. The maximum Gasteiger partial charge on any atom is 0.416 e. The third-order valence-corrected chi connectivity index (χ3v) is 2.30. The first-order valence-corrected chi connectivity index (χ1v) is 5.21. The number of halogens is 4. The fraction of sp³-hybridized carbons (Fsp3) is 0.111. The lowest BCUT2D eigenvalue weighted by Gasteiger charge is -2.05. The van der Waals surface area contributed by atoms with Crippen LogP contribution in [-0.2, 0) is 6.18 Å². The average molecular weight is 340 g/mol. The molecule has 16 heavy (non-hydrogen) atoms. The van der Waals surface area contributed by atoms with E-state index in [9.17, 15) is 13.2 Å². The molecule has 0 saturated heterocycles. The van der Waals surface area contributed by atoms with Gasteiger partial charge in [0.1, 0.15) is 0 Å². The second-order valence-corrected chi connectivity index (χ2v) is 3.91. The molecule has 0 saturated carbocycles. The van der Waals surface area contributed by atoms with Gasteiger partial charge in [0.25, 0.3) is 5.89 Å². The molecule has 0 amide bonds. The Morgan fingerprint density at radius 3 is 2.19 bits per heavy atom. The van der Waals surface area contributed by atoms with E-state index in [1.54, 1.807) is 0 Å². The highest BCUT2D eigenvalue weighted by atomic mass is 127. The van der Waals surface area contributed by atoms with Crippen molar-refractivity contribution in [2.75, 3.05) is 0 Å². The van der Waals surface area contributed by atoms with Crippen molar-refractivity contribution in [3.05, 3.63) is 33.7 Å². The highest BCUT2D eigenvalue weighted by molar-refractivity contribution is 14.1. The van der Waals surface area contributed by atoms with Gasteiger partial charge < -0.3 is 4.52 Å². The summed E-state index contributed by atoms with van der Waals surface area (Å²) in [5.74, 6) is 0.207. The van der Waals surface area contributed by atoms with Crippen molar-refractivity contribution in [2.24, 2.45) is 0 Å². The highest BCUT2D eigenvalue weighted by Crippen LogP contribution is 2.30. The van der Waals surface area contributed by atoms with E-state index in [2.05, 4.69) is 10.1 Å². The van der Waals surface area contributed by atoms with E-state index in [1.165, 1.54) is 12.1 Å². The second kappa shape index (κ2) is 4.04. The molecule has 1 heterocycles. The fourth-order valence-electron chi connectivity index (χ4n) is 1.12. The van der Waals surface area contributed by atoms with Crippen LogP contribution < -0.4 is 0 Å². The quantitative estimate of drug-likeness (QED) is 0.748. The molecule has 7 heteroatoms. The monoisotopic (exact) mass is 340 g/mol. The summed E-state index contributed by atoms with van der Waals surface area (Å²) in [7, 11) is 0. The van der Waals surface area contributed by atoms with Gasteiger partial charge in [-0.25, -0.2) is 0 Å². The van der Waals surface area contributed by atoms with E-state index in [0.29, 0.717) is 9.39 Å². The molecule has 0 spiro atoms. The van der Waals surface area contributed by atoms with Crippen molar-refractivity contribution in [2.45, 2.75) is 6.18 Å². The molecule has 3 nitrogen and oxygen atoms in total. The molecule has 0 bridgehead atoms. The van der Waals surface area contributed by atoms with E-state index in [-0.39, 0.29) is 5.89 Å². The van der Waals surface area contributed by atoms with Crippen LogP contribution in [0, 0.1) is 3.83 Å². The summed E-state index contributed by atoms with van der Waals surface area (Å²) in [4.78, 5) is 3.90. The first kappa shape index (κ1) is 11.4. The molecular weight excluding hydrogens is 336 g/mol.